The third-order valence-electron chi connectivity index (χ3n) is 4.72. The number of ketones is 1. The van der Waals surface area contributed by atoms with E-state index in [1.54, 1.807) is 34.9 Å². The summed E-state index contributed by atoms with van der Waals surface area (Å²) in [4.78, 5) is 33.3. The number of Topliss-reactive ketones (excluding diaryl/α,β-unsaturated/α-hetero) is 1. The first-order chi connectivity index (χ1) is 15.0. The van der Waals surface area contributed by atoms with Gasteiger partial charge in [0, 0.05) is 18.1 Å². The van der Waals surface area contributed by atoms with Crippen molar-refractivity contribution >= 4 is 40.0 Å². The Morgan fingerprint density at radius 1 is 1.16 bits per heavy atom. The van der Waals surface area contributed by atoms with E-state index in [0.29, 0.717) is 16.7 Å². The van der Waals surface area contributed by atoms with Gasteiger partial charge in [-0.3, -0.25) is 9.59 Å². The van der Waals surface area contributed by atoms with Gasteiger partial charge in [0.25, 0.3) is 11.7 Å². The van der Waals surface area contributed by atoms with Gasteiger partial charge < -0.3 is 14.6 Å². The number of benzene rings is 2. The van der Waals surface area contributed by atoms with Crippen molar-refractivity contribution in [3.63, 3.8) is 0 Å². The zero-order chi connectivity index (χ0) is 22.0. The number of amides is 1. The Kier molecular flexibility index (Phi) is 5.64. The van der Waals surface area contributed by atoms with Crippen molar-refractivity contribution in [3.8, 4) is 5.75 Å². The van der Waals surface area contributed by atoms with Crippen molar-refractivity contribution in [1.82, 2.24) is 14.5 Å². The van der Waals surface area contributed by atoms with Crippen LogP contribution in [0, 0.1) is 5.82 Å². The lowest BCUT2D eigenvalue weighted by Gasteiger charge is -2.08. The summed E-state index contributed by atoms with van der Waals surface area (Å²) < 4.78 is 20.2. The summed E-state index contributed by atoms with van der Waals surface area (Å²) >= 11 is 6.59. The average molecular weight is 439 g/mol. The number of methoxy groups -OCH3 is 1. The van der Waals surface area contributed by atoms with Crippen LogP contribution in [0.4, 0.5) is 10.2 Å². The Labute approximate surface area is 181 Å². The minimum Gasteiger partial charge on any atom is -0.497 e. The number of aromatic nitrogens is 3. The van der Waals surface area contributed by atoms with Gasteiger partial charge in [-0.1, -0.05) is 23.7 Å². The SMILES string of the molecule is COc1ccc2c(c1)c(C(=O)C(=O)Nc1ccncn1)c(Cl)n2Cc1ccc(F)cc1. The summed E-state index contributed by atoms with van der Waals surface area (Å²) in [7, 11) is 1.50. The maximum atomic E-state index is 13.3. The topological polar surface area (TPSA) is 86.1 Å². The third kappa shape index (κ3) is 4.10. The molecule has 0 saturated heterocycles. The van der Waals surface area contributed by atoms with E-state index in [-0.39, 0.29) is 28.9 Å². The van der Waals surface area contributed by atoms with Gasteiger partial charge in [0.2, 0.25) is 0 Å². The van der Waals surface area contributed by atoms with E-state index in [9.17, 15) is 14.0 Å². The van der Waals surface area contributed by atoms with Crippen LogP contribution in [-0.2, 0) is 11.3 Å². The zero-order valence-electron chi connectivity index (χ0n) is 16.3. The van der Waals surface area contributed by atoms with E-state index in [0.717, 1.165) is 5.56 Å². The molecule has 0 atom stereocenters. The van der Waals surface area contributed by atoms with Crippen LogP contribution >= 0.6 is 11.6 Å². The smallest absolute Gasteiger partial charge is 0.298 e. The summed E-state index contributed by atoms with van der Waals surface area (Å²) in [6.45, 7) is 0.281. The van der Waals surface area contributed by atoms with Crippen LogP contribution in [0.2, 0.25) is 5.15 Å². The highest BCUT2D eigenvalue weighted by Crippen LogP contribution is 2.34. The second kappa shape index (κ2) is 8.53. The van der Waals surface area contributed by atoms with Crippen LogP contribution < -0.4 is 10.1 Å². The second-order valence-corrected chi connectivity index (χ2v) is 7.00. The Morgan fingerprint density at radius 2 is 1.94 bits per heavy atom. The number of hydrogen-bond donors (Lipinski definition) is 1. The third-order valence-corrected chi connectivity index (χ3v) is 5.11. The standard InChI is InChI=1S/C22H16ClFN4O3/c1-31-15-6-7-17-16(10-15)19(20(29)22(30)27-18-8-9-25-12-26-18)21(23)28(17)11-13-2-4-14(24)5-3-13/h2-10,12H,11H2,1H3,(H,25,26,27,30). The van der Waals surface area contributed by atoms with E-state index in [2.05, 4.69) is 15.3 Å². The summed E-state index contributed by atoms with van der Waals surface area (Å²) in [6, 6.07) is 12.5. The Bertz CT molecular complexity index is 1270. The van der Waals surface area contributed by atoms with Gasteiger partial charge >= 0.3 is 0 Å². The van der Waals surface area contributed by atoms with Gasteiger partial charge in [0.15, 0.2) is 0 Å². The number of anilines is 1. The first-order valence-electron chi connectivity index (χ1n) is 9.20. The van der Waals surface area contributed by atoms with Gasteiger partial charge in [0.1, 0.15) is 28.9 Å². The zero-order valence-corrected chi connectivity index (χ0v) is 17.1. The molecule has 2 aromatic heterocycles. The Morgan fingerprint density at radius 3 is 2.61 bits per heavy atom. The molecule has 0 aliphatic carbocycles. The molecule has 9 heteroatoms. The van der Waals surface area contributed by atoms with E-state index < -0.39 is 11.7 Å². The molecule has 0 bridgehead atoms. The monoisotopic (exact) mass is 438 g/mol. The van der Waals surface area contributed by atoms with Crippen LogP contribution in [0.15, 0.2) is 61.1 Å². The van der Waals surface area contributed by atoms with Crippen LogP contribution in [0.5, 0.6) is 5.75 Å². The maximum Gasteiger partial charge on any atom is 0.298 e. The van der Waals surface area contributed by atoms with Crippen molar-refractivity contribution in [2.45, 2.75) is 6.54 Å². The van der Waals surface area contributed by atoms with Crippen LogP contribution in [0.25, 0.3) is 10.9 Å². The molecule has 0 fully saturated rings. The summed E-state index contributed by atoms with van der Waals surface area (Å²) in [5.41, 5.74) is 1.46. The van der Waals surface area contributed by atoms with Crippen molar-refractivity contribution in [2.75, 3.05) is 12.4 Å². The number of carbonyl (C=O) groups excluding carboxylic acids is 2. The minimum atomic E-state index is -0.885. The first kappa shape index (κ1) is 20.5. The van der Waals surface area contributed by atoms with E-state index >= 15 is 0 Å². The molecule has 2 aromatic carbocycles. The molecular weight excluding hydrogens is 423 g/mol. The fraction of sp³-hybridized carbons (Fsp3) is 0.0909. The van der Waals surface area contributed by atoms with Crippen LogP contribution in [-0.4, -0.2) is 33.3 Å². The predicted octanol–water partition coefficient (Wildman–Crippen LogP) is 4.10. The molecule has 4 aromatic rings. The number of carbonyl (C=O) groups is 2. The van der Waals surface area contributed by atoms with Gasteiger partial charge in [-0.15, -0.1) is 0 Å². The fourth-order valence-electron chi connectivity index (χ4n) is 3.22. The lowest BCUT2D eigenvalue weighted by Crippen LogP contribution is -2.23. The number of ether oxygens (including phenoxy) is 1. The second-order valence-electron chi connectivity index (χ2n) is 6.64. The van der Waals surface area contributed by atoms with Crippen LogP contribution in [0.1, 0.15) is 15.9 Å². The van der Waals surface area contributed by atoms with Crippen LogP contribution in [0.3, 0.4) is 0 Å². The molecule has 0 spiro atoms. The average Bonchev–Trinajstić information content (AvgIpc) is 3.05. The highest BCUT2D eigenvalue weighted by atomic mass is 35.5. The number of nitrogens with zero attached hydrogens (tertiary/aromatic N) is 3. The van der Waals surface area contributed by atoms with Gasteiger partial charge in [0.05, 0.1) is 18.2 Å². The summed E-state index contributed by atoms with van der Waals surface area (Å²) in [6.07, 6.45) is 2.70. The molecule has 0 aliphatic rings. The molecule has 156 valence electrons. The predicted molar refractivity (Wildman–Crippen MR) is 114 cm³/mol. The molecule has 1 amide bonds. The van der Waals surface area contributed by atoms with Gasteiger partial charge in [-0.05, 0) is 42.0 Å². The van der Waals surface area contributed by atoms with Crippen molar-refractivity contribution in [1.29, 1.82) is 0 Å². The molecule has 2 heterocycles. The molecule has 0 aliphatic heterocycles. The highest BCUT2D eigenvalue weighted by molar-refractivity contribution is 6.51. The van der Waals surface area contributed by atoms with Crippen molar-refractivity contribution in [3.05, 3.63) is 83.2 Å². The Hall–Kier alpha value is -3.78. The first-order valence-corrected chi connectivity index (χ1v) is 9.57. The fourth-order valence-corrected chi connectivity index (χ4v) is 3.56. The molecule has 0 radical (unpaired) electrons. The van der Waals surface area contributed by atoms with Crippen molar-refractivity contribution in [2.24, 2.45) is 0 Å². The number of halogens is 2. The van der Waals surface area contributed by atoms with Crippen molar-refractivity contribution < 1.29 is 18.7 Å². The molecule has 0 saturated carbocycles. The lowest BCUT2D eigenvalue weighted by atomic mass is 10.1. The molecular formula is C22H16ClFN4O3. The molecule has 7 nitrogen and oxygen atoms in total. The lowest BCUT2D eigenvalue weighted by molar-refractivity contribution is -0.112. The normalized spacial score (nSPS) is 10.8. The molecule has 1 N–H and O–H groups in total. The highest BCUT2D eigenvalue weighted by Gasteiger charge is 2.27. The number of nitrogens with one attached hydrogen (secondary N) is 1. The number of hydrogen-bond acceptors (Lipinski definition) is 5. The van der Waals surface area contributed by atoms with E-state index in [4.69, 9.17) is 16.3 Å². The van der Waals surface area contributed by atoms with E-state index in [1.807, 2.05) is 0 Å². The Balaban J connectivity index is 1.78. The van der Waals surface area contributed by atoms with E-state index in [1.165, 1.54) is 37.8 Å². The maximum absolute atomic E-state index is 13.3. The number of rotatable bonds is 6. The summed E-state index contributed by atoms with van der Waals surface area (Å²) in [5, 5.41) is 3.01. The minimum absolute atomic E-state index is 0.0456. The van der Waals surface area contributed by atoms with Gasteiger partial charge in [-0.25, -0.2) is 14.4 Å². The largest absolute Gasteiger partial charge is 0.497 e. The molecule has 4 rings (SSSR count). The molecule has 31 heavy (non-hydrogen) atoms. The molecule has 0 unspecified atom stereocenters. The number of fused-ring (bicyclic) bond motifs is 1. The summed E-state index contributed by atoms with van der Waals surface area (Å²) in [5.74, 6) is -1.36. The van der Waals surface area contributed by atoms with Gasteiger partial charge in [-0.2, -0.15) is 0 Å². The quantitative estimate of drug-likeness (QED) is 0.362.